The Morgan fingerprint density at radius 2 is 2.15 bits per heavy atom. The van der Waals surface area contributed by atoms with Crippen molar-refractivity contribution in [1.82, 2.24) is 4.98 Å². The molecular weight excluding hydrogens is 318 g/mol. The Hall–Kier alpha value is -1.68. The maximum Gasteiger partial charge on any atom is 0.137 e. The summed E-state index contributed by atoms with van der Waals surface area (Å²) < 4.78 is 6.86. The largest absolute Gasteiger partial charge is 0.487 e. The molecule has 1 heterocycles. The minimum Gasteiger partial charge on any atom is -0.487 e. The van der Waals surface area contributed by atoms with Gasteiger partial charge in [-0.1, -0.05) is 22.0 Å². The third kappa shape index (κ3) is 2.90. The summed E-state index contributed by atoms with van der Waals surface area (Å²) in [5.41, 5.74) is 3.11. The maximum absolute atomic E-state index is 11.7. The topological polar surface area (TPSA) is 39.2 Å². The number of aryl methyl sites for hydroxylation is 1. The van der Waals surface area contributed by atoms with Crippen LogP contribution in [0, 0.1) is 0 Å². The molecule has 0 amide bonds. The molecule has 4 heteroatoms. The fourth-order valence-electron chi connectivity index (χ4n) is 2.41. The number of hydrogen-bond acceptors (Lipinski definition) is 3. The zero-order valence-electron chi connectivity index (χ0n) is 10.9. The number of benzene rings is 1. The number of carbonyl (C=O) groups excluding carboxylic acids is 1. The van der Waals surface area contributed by atoms with Gasteiger partial charge in [-0.25, -0.2) is 0 Å². The van der Waals surface area contributed by atoms with Crippen LogP contribution in [0.15, 0.2) is 41.0 Å². The van der Waals surface area contributed by atoms with Gasteiger partial charge in [-0.15, -0.1) is 0 Å². The highest BCUT2D eigenvalue weighted by atomic mass is 79.9. The second kappa shape index (κ2) is 5.75. The van der Waals surface area contributed by atoms with E-state index in [4.69, 9.17) is 4.74 Å². The van der Waals surface area contributed by atoms with Gasteiger partial charge in [0.05, 0.1) is 5.69 Å². The van der Waals surface area contributed by atoms with E-state index in [1.165, 1.54) is 5.56 Å². The Bertz CT molecular complexity index is 640. The van der Waals surface area contributed by atoms with E-state index in [0.717, 1.165) is 27.9 Å². The zero-order valence-corrected chi connectivity index (χ0v) is 12.5. The van der Waals surface area contributed by atoms with Crippen LogP contribution in [0.25, 0.3) is 0 Å². The summed E-state index contributed by atoms with van der Waals surface area (Å²) in [5, 5.41) is 0. The van der Waals surface area contributed by atoms with Gasteiger partial charge < -0.3 is 4.74 Å². The van der Waals surface area contributed by atoms with E-state index in [-0.39, 0.29) is 5.78 Å². The van der Waals surface area contributed by atoms with E-state index in [9.17, 15) is 4.79 Å². The summed E-state index contributed by atoms with van der Waals surface area (Å²) in [7, 11) is 0. The SMILES string of the molecule is O=C1CCc2cc(Br)cc(OCc3ccccn3)c2C1. The van der Waals surface area contributed by atoms with Crippen LogP contribution in [0.5, 0.6) is 5.75 Å². The van der Waals surface area contributed by atoms with Gasteiger partial charge in [0, 0.05) is 29.1 Å². The molecule has 3 nitrogen and oxygen atoms in total. The average Bonchev–Trinajstić information content (AvgIpc) is 2.46. The monoisotopic (exact) mass is 331 g/mol. The summed E-state index contributed by atoms with van der Waals surface area (Å²) in [4.78, 5) is 15.9. The molecule has 3 rings (SSSR count). The Morgan fingerprint density at radius 3 is 2.95 bits per heavy atom. The molecule has 0 aliphatic heterocycles. The summed E-state index contributed by atoms with van der Waals surface area (Å²) in [6.45, 7) is 0.415. The predicted octanol–water partition coefficient (Wildman–Crippen LogP) is 3.48. The highest BCUT2D eigenvalue weighted by molar-refractivity contribution is 9.10. The number of hydrogen-bond donors (Lipinski definition) is 0. The van der Waals surface area contributed by atoms with Gasteiger partial charge in [-0.3, -0.25) is 9.78 Å². The van der Waals surface area contributed by atoms with Gasteiger partial charge in [0.25, 0.3) is 0 Å². The number of pyridine rings is 1. The Balaban J connectivity index is 1.85. The highest BCUT2D eigenvalue weighted by Gasteiger charge is 2.20. The van der Waals surface area contributed by atoms with Gasteiger partial charge in [-0.05, 0) is 36.2 Å². The molecule has 2 aromatic rings. The van der Waals surface area contributed by atoms with E-state index < -0.39 is 0 Å². The first-order valence-electron chi connectivity index (χ1n) is 6.58. The first kappa shape index (κ1) is 13.3. The lowest BCUT2D eigenvalue weighted by Gasteiger charge is -2.19. The van der Waals surface area contributed by atoms with Crippen LogP contribution < -0.4 is 4.74 Å². The molecule has 0 spiro atoms. The number of aromatic nitrogens is 1. The number of carbonyl (C=O) groups is 1. The average molecular weight is 332 g/mol. The van der Waals surface area contributed by atoms with Gasteiger partial charge in [-0.2, -0.15) is 0 Å². The molecule has 0 radical (unpaired) electrons. The predicted molar refractivity (Wildman–Crippen MR) is 79.7 cm³/mol. The lowest BCUT2D eigenvalue weighted by atomic mass is 9.90. The first-order valence-corrected chi connectivity index (χ1v) is 7.37. The first-order chi connectivity index (χ1) is 9.72. The number of halogens is 1. The van der Waals surface area contributed by atoms with Crippen molar-refractivity contribution in [2.75, 3.05) is 0 Å². The van der Waals surface area contributed by atoms with Crippen molar-refractivity contribution in [3.05, 3.63) is 57.8 Å². The molecular formula is C16H14BrNO2. The summed E-state index contributed by atoms with van der Waals surface area (Å²) in [6, 6.07) is 9.75. The van der Waals surface area contributed by atoms with Gasteiger partial charge in [0.15, 0.2) is 0 Å². The number of rotatable bonds is 3. The van der Waals surface area contributed by atoms with Crippen molar-refractivity contribution in [3.63, 3.8) is 0 Å². The molecule has 20 heavy (non-hydrogen) atoms. The number of nitrogens with zero attached hydrogens (tertiary/aromatic N) is 1. The molecule has 0 atom stereocenters. The van der Waals surface area contributed by atoms with Crippen molar-refractivity contribution < 1.29 is 9.53 Å². The van der Waals surface area contributed by atoms with E-state index >= 15 is 0 Å². The smallest absolute Gasteiger partial charge is 0.137 e. The fourth-order valence-corrected chi connectivity index (χ4v) is 2.90. The molecule has 0 fully saturated rings. The van der Waals surface area contributed by atoms with Crippen LogP contribution in [-0.4, -0.2) is 10.8 Å². The minimum absolute atomic E-state index is 0.280. The van der Waals surface area contributed by atoms with Crippen LogP contribution in [0.1, 0.15) is 23.2 Å². The van der Waals surface area contributed by atoms with Crippen LogP contribution in [0.3, 0.4) is 0 Å². The molecule has 0 unspecified atom stereocenters. The fraction of sp³-hybridized carbons (Fsp3) is 0.250. The van der Waals surface area contributed by atoms with Crippen LogP contribution in [-0.2, 0) is 24.2 Å². The van der Waals surface area contributed by atoms with Crippen molar-refractivity contribution in [2.24, 2.45) is 0 Å². The zero-order chi connectivity index (χ0) is 13.9. The lowest BCUT2D eigenvalue weighted by molar-refractivity contribution is -0.118. The quantitative estimate of drug-likeness (QED) is 0.864. The van der Waals surface area contributed by atoms with Crippen molar-refractivity contribution >= 4 is 21.7 Å². The van der Waals surface area contributed by atoms with Crippen molar-refractivity contribution in [2.45, 2.75) is 25.9 Å². The Labute approximate surface area is 126 Å². The molecule has 1 aliphatic carbocycles. The Kier molecular flexibility index (Phi) is 3.83. The summed E-state index contributed by atoms with van der Waals surface area (Å²) in [5.74, 6) is 1.07. The lowest BCUT2D eigenvalue weighted by Crippen LogP contribution is -2.15. The van der Waals surface area contributed by atoms with Crippen LogP contribution >= 0.6 is 15.9 Å². The molecule has 0 N–H and O–H groups in total. The molecule has 0 saturated heterocycles. The number of ketones is 1. The highest BCUT2D eigenvalue weighted by Crippen LogP contribution is 2.32. The van der Waals surface area contributed by atoms with E-state index in [1.807, 2.05) is 24.3 Å². The molecule has 102 valence electrons. The minimum atomic E-state index is 0.280. The van der Waals surface area contributed by atoms with Crippen molar-refractivity contribution in [1.29, 1.82) is 0 Å². The summed E-state index contributed by atoms with van der Waals surface area (Å²) in [6.07, 6.45) is 3.65. The molecule has 1 aromatic heterocycles. The molecule has 0 bridgehead atoms. The third-order valence-corrected chi connectivity index (χ3v) is 3.87. The molecule has 1 aromatic carbocycles. The van der Waals surface area contributed by atoms with Crippen molar-refractivity contribution in [3.8, 4) is 5.75 Å². The van der Waals surface area contributed by atoms with E-state index in [1.54, 1.807) is 6.20 Å². The van der Waals surface area contributed by atoms with Gasteiger partial charge in [0.1, 0.15) is 18.1 Å². The molecule has 0 saturated carbocycles. The number of ether oxygens (including phenoxy) is 1. The van der Waals surface area contributed by atoms with Crippen LogP contribution in [0.2, 0.25) is 0 Å². The normalized spacial score (nSPS) is 13.9. The third-order valence-electron chi connectivity index (χ3n) is 3.41. The van der Waals surface area contributed by atoms with Gasteiger partial charge in [0.2, 0.25) is 0 Å². The maximum atomic E-state index is 11.7. The second-order valence-electron chi connectivity index (χ2n) is 4.87. The summed E-state index contributed by atoms with van der Waals surface area (Å²) >= 11 is 3.50. The van der Waals surface area contributed by atoms with Crippen LogP contribution in [0.4, 0.5) is 0 Å². The Morgan fingerprint density at radius 1 is 1.25 bits per heavy atom. The second-order valence-corrected chi connectivity index (χ2v) is 5.78. The van der Waals surface area contributed by atoms with E-state index in [2.05, 4.69) is 27.0 Å². The number of fused-ring (bicyclic) bond motifs is 1. The standard InChI is InChI=1S/C16H14BrNO2/c17-12-7-11-4-5-14(19)9-15(11)16(8-12)20-10-13-3-1-2-6-18-13/h1-3,6-8H,4-5,9-10H2. The van der Waals surface area contributed by atoms with E-state index in [0.29, 0.717) is 19.4 Å². The van der Waals surface area contributed by atoms with Gasteiger partial charge >= 0.3 is 0 Å². The molecule has 1 aliphatic rings. The number of Topliss-reactive ketones (excluding diaryl/α,β-unsaturated/α-hetero) is 1.